The van der Waals surface area contributed by atoms with Crippen molar-refractivity contribution in [2.24, 2.45) is 5.92 Å². The number of carbonyl (C=O) groups excluding carboxylic acids is 2. The molecule has 28 heavy (non-hydrogen) atoms. The molecule has 1 aromatic heterocycles. The summed E-state index contributed by atoms with van der Waals surface area (Å²) in [5.74, 6) is 1.80. The Hall–Kier alpha value is -3.03. The molecule has 148 valence electrons. The molecule has 0 atom stereocenters. The zero-order valence-electron chi connectivity index (χ0n) is 15.9. The van der Waals surface area contributed by atoms with Crippen LogP contribution in [0.4, 0.5) is 16.3 Å². The average molecular weight is 383 g/mol. The zero-order valence-corrected chi connectivity index (χ0v) is 15.9. The van der Waals surface area contributed by atoms with E-state index in [-0.39, 0.29) is 18.0 Å². The molecule has 0 bridgehead atoms. The van der Waals surface area contributed by atoms with Crippen LogP contribution in [0, 0.1) is 5.92 Å². The highest BCUT2D eigenvalue weighted by molar-refractivity contribution is 6.00. The maximum Gasteiger partial charge on any atom is 0.324 e. The summed E-state index contributed by atoms with van der Waals surface area (Å²) in [6, 6.07) is 8.84. The fourth-order valence-corrected chi connectivity index (χ4v) is 3.64. The largest absolute Gasteiger partial charge is 0.495 e. The summed E-state index contributed by atoms with van der Waals surface area (Å²) >= 11 is 0. The molecule has 1 saturated carbocycles. The fourth-order valence-electron chi connectivity index (χ4n) is 3.64. The van der Waals surface area contributed by atoms with Crippen molar-refractivity contribution in [2.75, 3.05) is 30.8 Å². The van der Waals surface area contributed by atoms with Crippen LogP contribution in [-0.4, -0.2) is 46.8 Å². The lowest BCUT2D eigenvalue weighted by atomic mass is 10.0. The minimum Gasteiger partial charge on any atom is -0.495 e. The van der Waals surface area contributed by atoms with Crippen LogP contribution in [0.5, 0.6) is 5.75 Å². The number of benzene rings is 1. The molecule has 1 saturated heterocycles. The van der Waals surface area contributed by atoms with Crippen molar-refractivity contribution in [3.8, 4) is 5.75 Å². The number of amides is 3. The number of likely N-dealkylation sites (tertiary alicyclic amines) is 1. The van der Waals surface area contributed by atoms with Gasteiger partial charge in [0, 0.05) is 25.1 Å². The van der Waals surface area contributed by atoms with Crippen molar-refractivity contribution in [1.82, 2.24) is 14.7 Å². The molecule has 0 radical (unpaired) electrons. The van der Waals surface area contributed by atoms with Crippen LogP contribution in [0.3, 0.4) is 0 Å². The van der Waals surface area contributed by atoms with E-state index in [0.29, 0.717) is 23.2 Å². The first-order valence-electron chi connectivity index (χ1n) is 9.69. The van der Waals surface area contributed by atoms with Gasteiger partial charge in [0.1, 0.15) is 11.6 Å². The molecule has 2 aromatic rings. The third-order valence-corrected chi connectivity index (χ3v) is 5.32. The number of anilines is 2. The lowest BCUT2D eigenvalue weighted by Crippen LogP contribution is -2.40. The maximum absolute atomic E-state index is 12.4. The normalized spacial score (nSPS) is 17.2. The van der Waals surface area contributed by atoms with Gasteiger partial charge in [-0.2, -0.15) is 5.10 Å². The lowest BCUT2D eigenvalue weighted by molar-refractivity contribution is -0.133. The molecule has 1 aromatic carbocycles. The number of nitrogens with one attached hydrogen (secondary N) is 2. The molecule has 1 aliphatic carbocycles. The molecule has 0 spiro atoms. The van der Waals surface area contributed by atoms with E-state index in [1.807, 2.05) is 21.7 Å². The molecule has 2 heterocycles. The van der Waals surface area contributed by atoms with Gasteiger partial charge in [0.25, 0.3) is 0 Å². The van der Waals surface area contributed by atoms with Gasteiger partial charge in [-0.05, 0) is 37.8 Å². The number of methoxy groups -OCH3 is 1. The van der Waals surface area contributed by atoms with Crippen LogP contribution in [0.2, 0.25) is 0 Å². The first kappa shape index (κ1) is 18.3. The number of nitrogens with zero attached hydrogens (tertiary/aromatic N) is 3. The van der Waals surface area contributed by atoms with Gasteiger partial charge in [-0.3, -0.25) is 10.1 Å². The molecule has 2 N–H and O–H groups in total. The van der Waals surface area contributed by atoms with Gasteiger partial charge in [-0.25, -0.2) is 9.48 Å². The van der Waals surface area contributed by atoms with Crippen molar-refractivity contribution >= 4 is 23.4 Å². The monoisotopic (exact) mass is 383 g/mol. The third kappa shape index (κ3) is 3.95. The van der Waals surface area contributed by atoms with E-state index in [1.165, 1.54) is 0 Å². The van der Waals surface area contributed by atoms with Crippen LogP contribution < -0.4 is 15.4 Å². The summed E-state index contributed by atoms with van der Waals surface area (Å²) in [6.45, 7) is 1.49. The smallest absolute Gasteiger partial charge is 0.324 e. The summed E-state index contributed by atoms with van der Waals surface area (Å²) < 4.78 is 7.11. The summed E-state index contributed by atoms with van der Waals surface area (Å²) in [4.78, 5) is 26.6. The van der Waals surface area contributed by atoms with Crippen LogP contribution >= 0.6 is 0 Å². The van der Waals surface area contributed by atoms with Crippen molar-refractivity contribution in [3.63, 3.8) is 0 Å². The number of aromatic nitrogens is 2. The highest BCUT2D eigenvalue weighted by Crippen LogP contribution is 2.33. The Bertz CT molecular complexity index is 853. The van der Waals surface area contributed by atoms with Gasteiger partial charge in [-0.1, -0.05) is 12.1 Å². The van der Waals surface area contributed by atoms with Gasteiger partial charge in [0.05, 0.1) is 25.0 Å². The Balaban J connectivity index is 1.36. The molecule has 0 unspecified atom stereocenters. The number of urea groups is 1. The first-order valence-corrected chi connectivity index (χ1v) is 9.69. The molecular formula is C20H25N5O3. The second kappa shape index (κ2) is 7.92. The number of hydrogen-bond acceptors (Lipinski definition) is 4. The lowest BCUT2D eigenvalue weighted by Gasteiger charge is -2.32. The Morgan fingerprint density at radius 1 is 1.07 bits per heavy atom. The molecule has 8 heteroatoms. The van der Waals surface area contributed by atoms with Crippen molar-refractivity contribution in [2.45, 2.75) is 31.7 Å². The van der Waals surface area contributed by atoms with Crippen LogP contribution in [-0.2, 0) is 4.79 Å². The number of carbonyl (C=O) groups is 2. The Morgan fingerprint density at radius 2 is 1.82 bits per heavy atom. The van der Waals surface area contributed by atoms with Crippen LogP contribution in [0.25, 0.3) is 0 Å². The summed E-state index contributed by atoms with van der Waals surface area (Å²) in [6.07, 6.45) is 5.42. The highest BCUT2D eigenvalue weighted by atomic mass is 16.5. The van der Waals surface area contributed by atoms with Gasteiger partial charge in [0.2, 0.25) is 5.91 Å². The minimum absolute atomic E-state index is 0.166. The SMILES string of the molecule is COc1ccccc1NC(=O)Nc1ccnn1C1CCN(C(=O)C2CC2)CC1. The second-order valence-corrected chi connectivity index (χ2v) is 7.27. The van der Waals surface area contributed by atoms with E-state index in [0.717, 1.165) is 38.8 Å². The van der Waals surface area contributed by atoms with E-state index in [9.17, 15) is 9.59 Å². The third-order valence-electron chi connectivity index (χ3n) is 5.32. The minimum atomic E-state index is -0.354. The predicted molar refractivity (Wildman–Crippen MR) is 105 cm³/mol. The number of hydrogen-bond donors (Lipinski definition) is 2. The molecule has 8 nitrogen and oxygen atoms in total. The fraction of sp³-hybridized carbons (Fsp3) is 0.450. The number of piperidine rings is 1. The Kier molecular flexibility index (Phi) is 5.18. The predicted octanol–water partition coefficient (Wildman–Crippen LogP) is 3.11. The summed E-state index contributed by atoms with van der Waals surface area (Å²) in [5, 5.41) is 10.1. The summed E-state index contributed by atoms with van der Waals surface area (Å²) in [7, 11) is 1.56. The molecule has 3 amide bonds. The number of ether oxygens (including phenoxy) is 1. The van der Waals surface area contributed by atoms with Gasteiger partial charge in [0.15, 0.2) is 0 Å². The molecule has 2 aliphatic rings. The van der Waals surface area contributed by atoms with Crippen molar-refractivity contribution < 1.29 is 14.3 Å². The first-order chi connectivity index (χ1) is 13.7. The van der Waals surface area contributed by atoms with Crippen LogP contribution in [0.15, 0.2) is 36.5 Å². The molecule has 1 aliphatic heterocycles. The van der Waals surface area contributed by atoms with Crippen LogP contribution in [0.1, 0.15) is 31.7 Å². The molecule has 4 rings (SSSR count). The van der Waals surface area contributed by atoms with Gasteiger partial charge < -0.3 is 15.0 Å². The zero-order chi connectivity index (χ0) is 19.5. The standard InChI is InChI=1S/C20H25N5O3/c1-28-17-5-3-2-4-16(17)22-20(27)23-18-8-11-21-25(18)15-9-12-24(13-10-15)19(26)14-6-7-14/h2-5,8,11,14-15H,6-7,9-10,12-13H2,1H3,(H2,22,23,27). The number of para-hydroxylation sites is 2. The van der Waals surface area contributed by atoms with E-state index < -0.39 is 0 Å². The summed E-state index contributed by atoms with van der Waals surface area (Å²) in [5.41, 5.74) is 0.598. The van der Waals surface area contributed by atoms with Crippen molar-refractivity contribution in [3.05, 3.63) is 36.5 Å². The van der Waals surface area contributed by atoms with E-state index in [1.54, 1.807) is 31.5 Å². The van der Waals surface area contributed by atoms with Gasteiger partial charge >= 0.3 is 6.03 Å². The van der Waals surface area contributed by atoms with E-state index >= 15 is 0 Å². The van der Waals surface area contributed by atoms with Crippen molar-refractivity contribution in [1.29, 1.82) is 0 Å². The van der Waals surface area contributed by atoms with E-state index in [4.69, 9.17) is 4.74 Å². The average Bonchev–Trinajstić information content (AvgIpc) is 3.47. The maximum atomic E-state index is 12.4. The van der Waals surface area contributed by atoms with E-state index in [2.05, 4.69) is 15.7 Å². The Labute approximate surface area is 163 Å². The highest BCUT2D eigenvalue weighted by Gasteiger charge is 2.35. The quantitative estimate of drug-likeness (QED) is 0.830. The molecular weight excluding hydrogens is 358 g/mol. The van der Waals surface area contributed by atoms with Gasteiger partial charge in [-0.15, -0.1) is 0 Å². The molecule has 2 fully saturated rings. The second-order valence-electron chi connectivity index (χ2n) is 7.27. The topological polar surface area (TPSA) is 88.5 Å². The number of rotatable bonds is 5. The Morgan fingerprint density at radius 3 is 2.54 bits per heavy atom.